The zero-order valence-corrected chi connectivity index (χ0v) is 18.2. The first kappa shape index (κ1) is 21.4. The van der Waals surface area contributed by atoms with Gasteiger partial charge >= 0.3 is 6.03 Å². The van der Waals surface area contributed by atoms with Gasteiger partial charge < -0.3 is 19.7 Å². The minimum Gasteiger partial charge on any atom is -0.492 e. The van der Waals surface area contributed by atoms with Crippen LogP contribution in [-0.4, -0.2) is 65.7 Å². The summed E-state index contributed by atoms with van der Waals surface area (Å²) in [6.45, 7) is 6.17. The number of nitrogens with one attached hydrogen (secondary N) is 1. The molecule has 0 saturated carbocycles. The molecule has 0 unspecified atom stereocenters. The summed E-state index contributed by atoms with van der Waals surface area (Å²) in [4.78, 5) is 21.3. The monoisotopic (exact) mass is 424 g/mol. The molecule has 1 N–H and O–H groups in total. The van der Waals surface area contributed by atoms with E-state index in [1.807, 2.05) is 48.2 Å². The normalized spacial score (nSPS) is 18.5. The molecule has 0 spiro atoms. The Morgan fingerprint density at radius 3 is 2.45 bits per heavy atom. The van der Waals surface area contributed by atoms with Crippen molar-refractivity contribution in [1.29, 1.82) is 0 Å². The van der Waals surface area contributed by atoms with E-state index in [1.165, 1.54) is 0 Å². The minimum atomic E-state index is -0.0462. The molecule has 4 rings (SSSR count). The summed E-state index contributed by atoms with van der Waals surface area (Å²) in [5.74, 6) is 1.61. The Hall–Kier alpha value is -2.80. The molecule has 2 aliphatic heterocycles. The van der Waals surface area contributed by atoms with Crippen molar-refractivity contribution in [3.63, 3.8) is 0 Å². The van der Waals surface area contributed by atoms with Gasteiger partial charge in [-0.1, -0.05) is 12.1 Å². The molecule has 1 aromatic heterocycles. The first-order valence-electron chi connectivity index (χ1n) is 11.3. The number of piperidine rings is 2. The van der Waals surface area contributed by atoms with Gasteiger partial charge in [0.05, 0.1) is 12.3 Å². The van der Waals surface area contributed by atoms with Gasteiger partial charge in [0, 0.05) is 44.6 Å². The molecule has 0 aliphatic carbocycles. The quantitative estimate of drug-likeness (QED) is 0.759. The van der Waals surface area contributed by atoms with E-state index in [2.05, 4.69) is 15.2 Å². The van der Waals surface area contributed by atoms with Crippen molar-refractivity contribution in [3.8, 4) is 11.5 Å². The molecule has 31 heavy (non-hydrogen) atoms. The molecule has 2 aromatic rings. The second-order valence-corrected chi connectivity index (χ2v) is 8.11. The van der Waals surface area contributed by atoms with Crippen LogP contribution in [0.25, 0.3) is 0 Å². The highest BCUT2D eigenvalue weighted by atomic mass is 16.5. The molecule has 166 valence electrons. The van der Waals surface area contributed by atoms with Crippen LogP contribution in [0.5, 0.6) is 11.5 Å². The van der Waals surface area contributed by atoms with Crippen LogP contribution < -0.4 is 14.8 Å². The highest BCUT2D eigenvalue weighted by molar-refractivity contribution is 5.91. The summed E-state index contributed by atoms with van der Waals surface area (Å²) >= 11 is 0. The van der Waals surface area contributed by atoms with Crippen molar-refractivity contribution in [2.75, 3.05) is 38.1 Å². The molecular formula is C24H32N4O3. The number of rotatable bonds is 6. The number of nitrogens with zero attached hydrogens (tertiary/aromatic N) is 3. The first-order valence-corrected chi connectivity index (χ1v) is 11.3. The number of carbonyl (C=O) groups excluding carboxylic acids is 1. The number of likely N-dealkylation sites (tertiary alicyclic amines) is 2. The van der Waals surface area contributed by atoms with E-state index in [9.17, 15) is 4.79 Å². The van der Waals surface area contributed by atoms with Crippen molar-refractivity contribution in [2.45, 2.75) is 44.8 Å². The number of amides is 2. The van der Waals surface area contributed by atoms with Crippen LogP contribution in [0.4, 0.5) is 10.5 Å². The maximum Gasteiger partial charge on any atom is 0.321 e. The highest BCUT2D eigenvalue weighted by Crippen LogP contribution is 2.26. The van der Waals surface area contributed by atoms with E-state index in [-0.39, 0.29) is 12.1 Å². The fourth-order valence-corrected chi connectivity index (χ4v) is 4.45. The molecule has 2 amide bonds. The third kappa shape index (κ3) is 5.67. The van der Waals surface area contributed by atoms with E-state index in [4.69, 9.17) is 9.47 Å². The smallest absolute Gasteiger partial charge is 0.321 e. The second kappa shape index (κ2) is 10.5. The Morgan fingerprint density at radius 2 is 1.74 bits per heavy atom. The second-order valence-electron chi connectivity index (χ2n) is 8.11. The number of pyridine rings is 1. The third-order valence-electron chi connectivity index (χ3n) is 6.13. The number of anilines is 1. The summed E-state index contributed by atoms with van der Waals surface area (Å²) in [5.41, 5.74) is 0.729. The minimum absolute atomic E-state index is 0.0462. The van der Waals surface area contributed by atoms with Crippen molar-refractivity contribution in [3.05, 3.63) is 48.8 Å². The third-order valence-corrected chi connectivity index (χ3v) is 6.13. The van der Waals surface area contributed by atoms with Crippen LogP contribution in [0.3, 0.4) is 0 Å². The molecule has 0 atom stereocenters. The zero-order valence-electron chi connectivity index (χ0n) is 18.2. The lowest BCUT2D eigenvalue weighted by molar-refractivity contribution is 0.0545. The van der Waals surface area contributed by atoms with Crippen LogP contribution in [0.15, 0.2) is 48.8 Å². The Bertz CT molecular complexity index is 832. The lowest BCUT2D eigenvalue weighted by Crippen LogP contribution is -2.50. The summed E-state index contributed by atoms with van der Waals surface area (Å²) in [6, 6.07) is 11.9. The predicted octanol–water partition coefficient (Wildman–Crippen LogP) is 4.02. The van der Waals surface area contributed by atoms with Crippen molar-refractivity contribution in [1.82, 2.24) is 14.8 Å². The Balaban J connectivity index is 1.22. The fraction of sp³-hybridized carbons (Fsp3) is 0.500. The molecule has 0 bridgehead atoms. The number of benzene rings is 1. The maximum absolute atomic E-state index is 12.7. The van der Waals surface area contributed by atoms with E-state index >= 15 is 0 Å². The van der Waals surface area contributed by atoms with E-state index in [1.54, 1.807) is 12.4 Å². The van der Waals surface area contributed by atoms with Crippen molar-refractivity contribution >= 4 is 11.7 Å². The van der Waals surface area contributed by atoms with Gasteiger partial charge in [-0.2, -0.15) is 0 Å². The van der Waals surface area contributed by atoms with Gasteiger partial charge in [0.25, 0.3) is 0 Å². The van der Waals surface area contributed by atoms with Crippen LogP contribution in [0.2, 0.25) is 0 Å². The molecule has 2 fully saturated rings. The average molecular weight is 425 g/mol. The molecular weight excluding hydrogens is 392 g/mol. The number of ether oxygens (including phenoxy) is 2. The SMILES string of the molecule is CCOc1ccccc1NC(=O)N1CCC(N2CCC(Oc3ccncc3)CC2)CC1. The van der Waals surface area contributed by atoms with Gasteiger partial charge in [-0.15, -0.1) is 0 Å². The number of hydrogen-bond acceptors (Lipinski definition) is 5. The molecule has 0 radical (unpaired) electrons. The van der Waals surface area contributed by atoms with E-state index in [0.29, 0.717) is 18.4 Å². The standard InChI is InChI=1S/C24H32N4O3/c1-2-30-23-6-4-3-5-22(23)26-24(29)28-15-9-19(10-16-28)27-17-11-21(12-18-27)31-20-7-13-25-14-8-20/h3-8,13-14,19,21H,2,9-12,15-18H2,1H3,(H,26,29). The lowest BCUT2D eigenvalue weighted by Gasteiger charge is -2.41. The Morgan fingerprint density at radius 1 is 1.03 bits per heavy atom. The number of carbonyl (C=O) groups is 1. The fourth-order valence-electron chi connectivity index (χ4n) is 4.45. The summed E-state index contributed by atoms with van der Waals surface area (Å²) in [7, 11) is 0. The Kier molecular flexibility index (Phi) is 7.25. The van der Waals surface area contributed by atoms with Crippen LogP contribution in [-0.2, 0) is 0 Å². The van der Waals surface area contributed by atoms with Gasteiger partial charge in [-0.3, -0.25) is 9.88 Å². The number of aromatic nitrogens is 1. The summed E-state index contributed by atoms with van der Waals surface area (Å²) < 4.78 is 11.7. The molecule has 7 heteroatoms. The van der Waals surface area contributed by atoms with Crippen LogP contribution in [0, 0.1) is 0 Å². The highest BCUT2D eigenvalue weighted by Gasteiger charge is 2.30. The number of para-hydroxylation sites is 2. The molecule has 1 aromatic carbocycles. The van der Waals surface area contributed by atoms with Gasteiger partial charge in [-0.25, -0.2) is 4.79 Å². The molecule has 7 nitrogen and oxygen atoms in total. The van der Waals surface area contributed by atoms with Gasteiger partial charge in [-0.05, 0) is 56.9 Å². The Labute approximate surface area is 184 Å². The first-order chi connectivity index (χ1) is 15.2. The number of hydrogen-bond donors (Lipinski definition) is 1. The summed E-state index contributed by atoms with van der Waals surface area (Å²) in [6.07, 6.45) is 7.91. The maximum atomic E-state index is 12.7. The number of urea groups is 1. The largest absolute Gasteiger partial charge is 0.492 e. The molecule has 2 saturated heterocycles. The van der Waals surface area contributed by atoms with E-state index < -0.39 is 0 Å². The van der Waals surface area contributed by atoms with Crippen LogP contribution in [0.1, 0.15) is 32.6 Å². The predicted molar refractivity (Wildman–Crippen MR) is 121 cm³/mol. The molecule has 2 aliphatic rings. The van der Waals surface area contributed by atoms with Crippen molar-refractivity contribution in [2.24, 2.45) is 0 Å². The van der Waals surface area contributed by atoms with E-state index in [0.717, 1.165) is 63.3 Å². The van der Waals surface area contributed by atoms with Crippen LogP contribution >= 0.6 is 0 Å². The summed E-state index contributed by atoms with van der Waals surface area (Å²) in [5, 5.41) is 3.02. The van der Waals surface area contributed by atoms with Crippen molar-refractivity contribution < 1.29 is 14.3 Å². The van der Waals surface area contributed by atoms with Gasteiger partial charge in [0.15, 0.2) is 0 Å². The topological polar surface area (TPSA) is 66.9 Å². The molecule has 3 heterocycles. The average Bonchev–Trinajstić information content (AvgIpc) is 2.82. The zero-order chi connectivity index (χ0) is 21.5. The van der Waals surface area contributed by atoms with Gasteiger partial charge in [0.2, 0.25) is 0 Å². The lowest BCUT2D eigenvalue weighted by atomic mass is 9.99. The van der Waals surface area contributed by atoms with Gasteiger partial charge in [0.1, 0.15) is 17.6 Å².